The number of hydrogen-bond acceptors (Lipinski definition) is 10. The van der Waals surface area contributed by atoms with Crippen molar-refractivity contribution in [3.8, 4) is 11.5 Å². The highest BCUT2D eigenvalue weighted by molar-refractivity contribution is 7.99. The maximum atomic E-state index is 11.6. The normalized spacial score (nSPS) is 15.0. The Bertz CT molecular complexity index is 1410. The molecule has 0 radical (unpaired) electrons. The molecule has 0 aliphatic carbocycles. The highest BCUT2D eigenvalue weighted by Crippen LogP contribution is 2.36. The van der Waals surface area contributed by atoms with Crippen molar-refractivity contribution in [2.45, 2.75) is 28.7 Å². The molecule has 0 unspecified atom stereocenters. The maximum Gasteiger partial charge on any atom is 0.276 e. The lowest BCUT2D eigenvalue weighted by Crippen LogP contribution is -2.41. The molecule has 186 valence electrons. The molecule has 13 heteroatoms. The Morgan fingerprint density at radius 3 is 2.58 bits per heavy atom. The Labute approximate surface area is 217 Å². The predicted molar refractivity (Wildman–Crippen MR) is 139 cm³/mol. The smallest absolute Gasteiger partial charge is 0.276 e. The number of benzene rings is 1. The number of nitrogens with one attached hydrogen (secondary N) is 1. The molecule has 4 aromatic rings. The van der Waals surface area contributed by atoms with Crippen LogP contribution in [0.15, 0.2) is 76.9 Å². The number of pyridine rings is 2. The van der Waals surface area contributed by atoms with Crippen molar-refractivity contribution >= 4 is 44.5 Å². The first-order chi connectivity index (χ1) is 17.4. The van der Waals surface area contributed by atoms with Gasteiger partial charge in [-0.25, -0.2) is 20.1 Å². The maximum absolute atomic E-state index is 11.6. The lowest BCUT2D eigenvalue weighted by atomic mass is 9.98. The molecule has 1 aliphatic rings. The summed E-state index contributed by atoms with van der Waals surface area (Å²) >= 11 is 2.72. The third kappa shape index (κ3) is 6.17. The summed E-state index contributed by atoms with van der Waals surface area (Å²) in [4.78, 5) is 14.5. The van der Waals surface area contributed by atoms with Gasteiger partial charge in [-0.1, -0.05) is 36.0 Å². The van der Waals surface area contributed by atoms with Gasteiger partial charge in [0.05, 0.1) is 0 Å². The van der Waals surface area contributed by atoms with Crippen molar-refractivity contribution in [2.75, 3.05) is 18.4 Å². The molecule has 4 heterocycles. The number of hydrogen-bond donors (Lipinski definition) is 2. The van der Waals surface area contributed by atoms with Crippen LogP contribution < -0.4 is 15.2 Å². The first kappa shape index (κ1) is 24.6. The molecule has 1 aliphatic heterocycles. The SMILES string of the molecule is NS(=O)(=O)N1CCC(c2nsc(Nc3ncc(Sc4ccccn4)cc3Oc3ccccc3)n2)CC1. The van der Waals surface area contributed by atoms with Crippen LogP contribution in [0.4, 0.5) is 10.9 Å². The van der Waals surface area contributed by atoms with Crippen molar-refractivity contribution in [2.24, 2.45) is 5.14 Å². The number of piperidine rings is 1. The van der Waals surface area contributed by atoms with Gasteiger partial charge in [-0.3, -0.25) is 0 Å². The molecular formula is C23H23N7O3S3. The van der Waals surface area contributed by atoms with E-state index in [2.05, 4.69) is 24.6 Å². The summed E-state index contributed by atoms with van der Waals surface area (Å²) in [5.41, 5.74) is 0. The average Bonchev–Trinajstić information content (AvgIpc) is 3.35. The fraction of sp³-hybridized carbons (Fsp3) is 0.217. The van der Waals surface area contributed by atoms with E-state index in [0.29, 0.717) is 54.2 Å². The zero-order valence-corrected chi connectivity index (χ0v) is 21.5. The second kappa shape index (κ2) is 10.9. The molecule has 0 amide bonds. The summed E-state index contributed by atoms with van der Waals surface area (Å²) in [5.74, 6) is 2.49. The number of anilines is 2. The van der Waals surface area contributed by atoms with Crippen LogP contribution >= 0.6 is 23.3 Å². The molecule has 1 saturated heterocycles. The molecule has 0 atom stereocenters. The zero-order valence-electron chi connectivity index (χ0n) is 19.0. The van der Waals surface area contributed by atoms with Crippen LogP contribution in [0.25, 0.3) is 0 Å². The van der Waals surface area contributed by atoms with Gasteiger partial charge < -0.3 is 10.1 Å². The van der Waals surface area contributed by atoms with E-state index in [-0.39, 0.29) is 5.92 Å². The third-order valence-corrected chi connectivity index (χ3v) is 8.14. The van der Waals surface area contributed by atoms with E-state index in [9.17, 15) is 8.42 Å². The molecule has 0 bridgehead atoms. The molecule has 10 nitrogen and oxygen atoms in total. The Hall–Kier alpha value is -3.10. The van der Waals surface area contributed by atoms with Gasteiger partial charge in [0.15, 0.2) is 11.6 Å². The van der Waals surface area contributed by atoms with Crippen LogP contribution in [0.5, 0.6) is 11.5 Å². The Kier molecular flexibility index (Phi) is 7.43. The van der Waals surface area contributed by atoms with Crippen LogP contribution in [0.2, 0.25) is 0 Å². The van der Waals surface area contributed by atoms with Gasteiger partial charge in [-0.05, 0) is 37.1 Å². The minimum absolute atomic E-state index is 0.0694. The van der Waals surface area contributed by atoms with E-state index in [0.717, 1.165) is 9.92 Å². The van der Waals surface area contributed by atoms with Gasteiger partial charge in [0, 0.05) is 53.9 Å². The van der Waals surface area contributed by atoms with Crippen LogP contribution in [-0.2, 0) is 10.2 Å². The Morgan fingerprint density at radius 1 is 1.08 bits per heavy atom. The second-order valence-corrected chi connectivity index (χ2v) is 11.4. The van der Waals surface area contributed by atoms with E-state index in [4.69, 9.17) is 9.88 Å². The van der Waals surface area contributed by atoms with E-state index in [1.807, 2.05) is 54.6 Å². The Balaban J connectivity index is 1.34. The molecule has 1 fully saturated rings. The molecular weight excluding hydrogens is 519 g/mol. The van der Waals surface area contributed by atoms with Gasteiger partial charge in [-0.15, -0.1) is 0 Å². The number of nitrogens with zero attached hydrogens (tertiary/aromatic N) is 5. The fourth-order valence-electron chi connectivity index (χ4n) is 3.72. The largest absolute Gasteiger partial charge is 0.453 e. The van der Waals surface area contributed by atoms with Gasteiger partial charge in [0.2, 0.25) is 5.13 Å². The van der Waals surface area contributed by atoms with Crippen molar-refractivity contribution in [1.82, 2.24) is 23.6 Å². The predicted octanol–water partition coefficient (Wildman–Crippen LogP) is 4.40. The monoisotopic (exact) mass is 541 g/mol. The molecule has 5 rings (SSSR count). The van der Waals surface area contributed by atoms with E-state index in [1.54, 1.807) is 12.4 Å². The molecule has 36 heavy (non-hydrogen) atoms. The first-order valence-corrected chi connectivity index (χ1v) is 14.2. The lowest BCUT2D eigenvalue weighted by Gasteiger charge is -2.28. The van der Waals surface area contributed by atoms with Gasteiger partial charge in [-0.2, -0.15) is 17.1 Å². The number of para-hydroxylation sites is 1. The number of ether oxygens (including phenoxy) is 1. The lowest BCUT2D eigenvalue weighted by molar-refractivity contribution is 0.315. The average molecular weight is 542 g/mol. The van der Waals surface area contributed by atoms with Gasteiger partial charge >= 0.3 is 0 Å². The van der Waals surface area contributed by atoms with E-state index in [1.165, 1.54) is 27.6 Å². The summed E-state index contributed by atoms with van der Waals surface area (Å²) in [6.45, 7) is 0.717. The minimum Gasteiger partial charge on any atom is -0.453 e. The van der Waals surface area contributed by atoms with Crippen LogP contribution in [0.3, 0.4) is 0 Å². The molecule has 3 aromatic heterocycles. The summed E-state index contributed by atoms with van der Waals surface area (Å²) in [5, 5.41) is 9.91. The fourth-order valence-corrected chi connectivity index (χ4v) is 5.86. The molecule has 0 spiro atoms. The highest BCUT2D eigenvalue weighted by Gasteiger charge is 2.28. The molecule has 3 N–H and O–H groups in total. The summed E-state index contributed by atoms with van der Waals surface area (Å²) in [7, 11) is -3.67. The second-order valence-electron chi connectivity index (χ2n) is 8.00. The van der Waals surface area contributed by atoms with E-state index >= 15 is 0 Å². The van der Waals surface area contributed by atoms with Crippen molar-refractivity contribution in [1.29, 1.82) is 0 Å². The Morgan fingerprint density at radius 2 is 1.86 bits per heavy atom. The van der Waals surface area contributed by atoms with Crippen molar-refractivity contribution in [3.05, 3.63) is 72.8 Å². The van der Waals surface area contributed by atoms with Gasteiger partial charge in [0.1, 0.15) is 16.6 Å². The summed E-state index contributed by atoms with van der Waals surface area (Å²) in [6, 6.07) is 17.1. The first-order valence-electron chi connectivity index (χ1n) is 11.1. The third-order valence-electron chi connectivity index (χ3n) is 5.50. The summed E-state index contributed by atoms with van der Waals surface area (Å²) < 4.78 is 35.1. The van der Waals surface area contributed by atoms with E-state index < -0.39 is 10.2 Å². The van der Waals surface area contributed by atoms with Crippen molar-refractivity contribution in [3.63, 3.8) is 0 Å². The molecule has 0 saturated carbocycles. The zero-order chi connectivity index (χ0) is 25.0. The van der Waals surface area contributed by atoms with Crippen molar-refractivity contribution < 1.29 is 13.2 Å². The van der Waals surface area contributed by atoms with Gasteiger partial charge in [0.25, 0.3) is 10.2 Å². The van der Waals surface area contributed by atoms with Crippen LogP contribution in [-0.4, -0.2) is 45.1 Å². The number of nitrogens with two attached hydrogens (primary N) is 1. The standard InChI is InChI=1S/C23H23N7O3S3/c24-36(31,32)30-12-9-16(10-13-30)21-27-23(35-29-21)28-22-19(33-17-6-2-1-3-7-17)14-18(15-26-22)34-20-8-4-5-11-25-20/h1-8,11,14-16H,9-10,12-13H2,(H2,24,31,32)(H,26,27,28,29). The number of rotatable bonds is 8. The topological polar surface area (TPSA) is 136 Å². The van der Waals surface area contributed by atoms with Crippen LogP contribution in [0, 0.1) is 0 Å². The quantitative estimate of drug-likeness (QED) is 0.333. The van der Waals surface area contributed by atoms with Crippen LogP contribution in [0.1, 0.15) is 24.6 Å². The number of aromatic nitrogens is 4. The highest BCUT2D eigenvalue weighted by atomic mass is 32.2. The summed E-state index contributed by atoms with van der Waals surface area (Å²) in [6.07, 6.45) is 4.74. The minimum atomic E-state index is -3.67. The molecule has 1 aromatic carbocycles.